The minimum Gasteiger partial charge on any atom is -0.495 e. The van der Waals surface area contributed by atoms with Crippen LogP contribution in [0.5, 0.6) is 17.2 Å². The van der Waals surface area contributed by atoms with E-state index in [9.17, 15) is 14.4 Å². The van der Waals surface area contributed by atoms with Gasteiger partial charge in [0.25, 0.3) is 11.8 Å². The van der Waals surface area contributed by atoms with E-state index in [-0.39, 0.29) is 30.2 Å². The molecule has 1 saturated carbocycles. The first-order valence-electron chi connectivity index (χ1n) is 11.4. The number of ether oxygens (including phenoxy) is 3. The van der Waals surface area contributed by atoms with E-state index in [2.05, 4.69) is 16.0 Å². The molecule has 1 aliphatic carbocycles. The van der Waals surface area contributed by atoms with Crippen molar-refractivity contribution in [3.05, 3.63) is 72.3 Å². The second kappa shape index (κ2) is 11.3. The molecule has 1 fully saturated rings. The fourth-order valence-electron chi connectivity index (χ4n) is 3.47. The third-order valence-electron chi connectivity index (χ3n) is 5.50. The molecule has 3 aromatic carbocycles. The maximum Gasteiger partial charge on any atom is 0.262 e. The summed E-state index contributed by atoms with van der Waals surface area (Å²) in [7, 11) is 2.97. The summed E-state index contributed by atoms with van der Waals surface area (Å²) in [5.74, 6) is 0.498. The smallest absolute Gasteiger partial charge is 0.262 e. The number of benzene rings is 3. The van der Waals surface area contributed by atoms with Gasteiger partial charge in [-0.1, -0.05) is 18.2 Å². The standard InChI is InChI=1S/C27H27N3O6/c1-34-22-9-4-3-8-21(22)30-25(31)16-36-23-13-12-18(14-24(23)35-2)27(33)29-20-7-5-6-19(15-20)28-26(32)17-10-11-17/h3-9,12-15,17H,10-11,16H2,1-2H3,(H,28,32)(H,29,33)(H,30,31). The number of methoxy groups -OCH3 is 2. The summed E-state index contributed by atoms with van der Waals surface area (Å²) in [4.78, 5) is 37.1. The molecule has 186 valence electrons. The van der Waals surface area contributed by atoms with Crippen LogP contribution >= 0.6 is 0 Å². The second-order valence-electron chi connectivity index (χ2n) is 8.20. The minimum absolute atomic E-state index is 0.00427. The quantitative estimate of drug-likeness (QED) is 0.391. The summed E-state index contributed by atoms with van der Waals surface area (Å²) >= 11 is 0. The van der Waals surface area contributed by atoms with Crippen LogP contribution in [0.25, 0.3) is 0 Å². The van der Waals surface area contributed by atoms with Gasteiger partial charge in [-0.05, 0) is 61.4 Å². The summed E-state index contributed by atoms with van der Waals surface area (Å²) < 4.78 is 16.2. The highest BCUT2D eigenvalue weighted by molar-refractivity contribution is 6.05. The zero-order valence-electron chi connectivity index (χ0n) is 20.0. The molecule has 3 aromatic rings. The van der Waals surface area contributed by atoms with Crippen LogP contribution in [-0.2, 0) is 9.59 Å². The van der Waals surface area contributed by atoms with Gasteiger partial charge in [-0.2, -0.15) is 0 Å². The van der Waals surface area contributed by atoms with Crippen molar-refractivity contribution in [2.24, 2.45) is 5.92 Å². The first kappa shape index (κ1) is 24.6. The van der Waals surface area contributed by atoms with Crippen LogP contribution in [0.15, 0.2) is 66.7 Å². The van der Waals surface area contributed by atoms with Gasteiger partial charge in [-0.15, -0.1) is 0 Å². The predicted molar refractivity (Wildman–Crippen MR) is 136 cm³/mol. The van der Waals surface area contributed by atoms with Crippen LogP contribution < -0.4 is 30.2 Å². The van der Waals surface area contributed by atoms with E-state index in [1.807, 2.05) is 0 Å². The molecule has 9 nitrogen and oxygen atoms in total. The van der Waals surface area contributed by atoms with Crippen LogP contribution in [0.1, 0.15) is 23.2 Å². The molecule has 1 aliphatic rings. The Morgan fingerprint density at radius 1 is 0.778 bits per heavy atom. The first-order chi connectivity index (χ1) is 17.5. The van der Waals surface area contributed by atoms with Gasteiger partial charge in [0.1, 0.15) is 5.75 Å². The van der Waals surface area contributed by atoms with Gasteiger partial charge >= 0.3 is 0 Å². The Hall–Kier alpha value is -4.53. The molecule has 3 N–H and O–H groups in total. The van der Waals surface area contributed by atoms with Gasteiger partial charge in [0, 0.05) is 22.9 Å². The van der Waals surface area contributed by atoms with E-state index >= 15 is 0 Å². The monoisotopic (exact) mass is 489 g/mol. The first-order valence-corrected chi connectivity index (χ1v) is 11.4. The number of carbonyl (C=O) groups is 3. The lowest BCUT2D eigenvalue weighted by Crippen LogP contribution is -2.20. The average molecular weight is 490 g/mol. The zero-order valence-corrected chi connectivity index (χ0v) is 20.0. The number of amides is 3. The van der Waals surface area contributed by atoms with Gasteiger partial charge in [0.05, 0.1) is 19.9 Å². The largest absolute Gasteiger partial charge is 0.495 e. The molecule has 4 rings (SSSR count). The molecule has 9 heteroatoms. The normalized spacial score (nSPS) is 12.3. The lowest BCUT2D eigenvalue weighted by atomic mass is 10.1. The lowest BCUT2D eigenvalue weighted by molar-refractivity contribution is -0.118. The molecule has 0 aliphatic heterocycles. The Labute approximate surface area is 208 Å². The minimum atomic E-state index is -0.378. The average Bonchev–Trinajstić information content (AvgIpc) is 3.74. The number of hydrogen-bond acceptors (Lipinski definition) is 6. The molecule has 0 aromatic heterocycles. The Bertz CT molecular complexity index is 1270. The van der Waals surface area contributed by atoms with Gasteiger partial charge in [0.2, 0.25) is 5.91 Å². The van der Waals surface area contributed by atoms with Gasteiger partial charge < -0.3 is 30.2 Å². The van der Waals surface area contributed by atoms with Crippen molar-refractivity contribution in [3.63, 3.8) is 0 Å². The van der Waals surface area contributed by atoms with E-state index in [0.29, 0.717) is 39.9 Å². The molecule has 36 heavy (non-hydrogen) atoms. The summed E-state index contributed by atoms with van der Waals surface area (Å²) in [6.07, 6.45) is 1.83. The topological polar surface area (TPSA) is 115 Å². The molecule has 3 amide bonds. The van der Waals surface area contributed by atoms with Crippen LogP contribution in [0.3, 0.4) is 0 Å². The Morgan fingerprint density at radius 2 is 1.50 bits per heavy atom. The van der Waals surface area contributed by atoms with Gasteiger partial charge in [-0.3, -0.25) is 14.4 Å². The molecule has 0 atom stereocenters. The Kier molecular flexibility index (Phi) is 7.69. The van der Waals surface area contributed by atoms with E-state index in [4.69, 9.17) is 14.2 Å². The van der Waals surface area contributed by atoms with Crippen molar-refractivity contribution in [1.29, 1.82) is 0 Å². The van der Waals surface area contributed by atoms with Crippen LogP contribution in [0.2, 0.25) is 0 Å². The summed E-state index contributed by atoms with van der Waals surface area (Å²) in [6, 6.07) is 18.7. The van der Waals surface area contributed by atoms with Crippen molar-refractivity contribution in [2.45, 2.75) is 12.8 Å². The van der Waals surface area contributed by atoms with Crippen molar-refractivity contribution in [2.75, 3.05) is 36.8 Å². The summed E-state index contributed by atoms with van der Waals surface area (Å²) in [5.41, 5.74) is 2.03. The summed E-state index contributed by atoms with van der Waals surface area (Å²) in [5, 5.41) is 8.41. The fourth-order valence-corrected chi connectivity index (χ4v) is 3.47. The predicted octanol–water partition coefficient (Wildman–Crippen LogP) is 4.32. The number of rotatable bonds is 10. The van der Waals surface area contributed by atoms with E-state index in [0.717, 1.165) is 12.8 Å². The maximum absolute atomic E-state index is 12.8. The number of hydrogen-bond donors (Lipinski definition) is 3. The Balaban J connectivity index is 1.36. The third-order valence-corrected chi connectivity index (χ3v) is 5.50. The number of carbonyl (C=O) groups excluding carboxylic acids is 3. The third kappa shape index (κ3) is 6.32. The highest BCUT2D eigenvalue weighted by Crippen LogP contribution is 2.31. The van der Waals surface area contributed by atoms with Gasteiger partial charge in [0.15, 0.2) is 18.1 Å². The fraction of sp³-hybridized carbons (Fsp3) is 0.222. The number of nitrogens with one attached hydrogen (secondary N) is 3. The Morgan fingerprint density at radius 3 is 2.22 bits per heavy atom. The SMILES string of the molecule is COc1ccccc1NC(=O)COc1ccc(C(=O)Nc2cccc(NC(=O)C3CC3)c2)cc1OC. The molecular formula is C27H27N3O6. The molecule has 0 radical (unpaired) electrons. The molecule has 0 saturated heterocycles. The lowest BCUT2D eigenvalue weighted by Gasteiger charge is -2.13. The molecule has 0 heterocycles. The highest BCUT2D eigenvalue weighted by Gasteiger charge is 2.29. The summed E-state index contributed by atoms with van der Waals surface area (Å²) in [6.45, 7) is -0.265. The zero-order chi connectivity index (χ0) is 25.5. The number of para-hydroxylation sites is 2. The van der Waals surface area contributed by atoms with E-state index in [1.165, 1.54) is 20.3 Å². The van der Waals surface area contributed by atoms with Gasteiger partial charge in [-0.25, -0.2) is 0 Å². The molecule has 0 unspecified atom stereocenters. The van der Waals surface area contributed by atoms with E-state index < -0.39 is 0 Å². The maximum atomic E-state index is 12.8. The van der Waals surface area contributed by atoms with Crippen LogP contribution in [-0.4, -0.2) is 38.5 Å². The molecule has 0 bridgehead atoms. The second-order valence-corrected chi connectivity index (χ2v) is 8.20. The van der Waals surface area contributed by atoms with Crippen molar-refractivity contribution in [3.8, 4) is 17.2 Å². The highest BCUT2D eigenvalue weighted by atomic mass is 16.5. The van der Waals surface area contributed by atoms with Crippen molar-refractivity contribution in [1.82, 2.24) is 0 Å². The van der Waals surface area contributed by atoms with Crippen LogP contribution in [0, 0.1) is 5.92 Å². The molecule has 0 spiro atoms. The van der Waals surface area contributed by atoms with Crippen molar-refractivity contribution < 1.29 is 28.6 Å². The molecular weight excluding hydrogens is 462 g/mol. The van der Waals surface area contributed by atoms with Crippen molar-refractivity contribution >= 4 is 34.8 Å². The number of anilines is 3. The van der Waals surface area contributed by atoms with E-state index in [1.54, 1.807) is 60.7 Å². The van der Waals surface area contributed by atoms with Crippen LogP contribution in [0.4, 0.5) is 17.1 Å².